The first-order valence-electron chi connectivity index (χ1n) is 7.05. The van der Waals surface area contributed by atoms with E-state index in [0.29, 0.717) is 16.5 Å². The van der Waals surface area contributed by atoms with Crippen molar-refractivity contribution in [3.63, 3.8) is 0 Å². The van der Waals surface area contributed by atoms with Gasteiger partial charge in [-0.1, -0.05) is 6.07 Å². The Morgan fingerprint density at radius 1 is 1.55 bits per heavy atom. The van der Waals surface area contributed by atoms with E-state index >= 15 is 0 Å². The summed E-state index contributed by atoms with van der Waals surface area (Å²) in [7, 11) is 0. The number of nitrogens with zero attached hydrogens (tertiary/aromatic N) is 2. The molecule has 1 aliphatic heterocycles. The maximum atomic E-state index is 11.5. The Labute approximate surface area is 136 Å². The van der Waals surface area contributed by atoms with E-state index in [4.69, 9.17) is 4.74 Å². The second-order valence-corrected chi connectivity index (χ2v) is 7.00. The summed E-state index contributed by atoms with van der Waals surface area (Å²) in [5.74, 6) is 0.332. The fourth-order valence-corrected chi connectivity index (χ4v) is 4.16. The van der Waals surface area contributed by atoms with Gasteiger partial charge in [0.25, 0.3) is 0 Å². The Morgan fingerprint density at radius 2 is 2.41 bits per heavy atom. The summed E-state index contributed by atoms with van der Waals surface area (Å²) in [6.07, 6.45) is 2.28. The molecule has 0 aliphatic carbocycles. The molecular formula is C15H16N2O3S2. The van der Waals surface area contributed by atoms with Crippen LogP contribution in [0.1, 0.15) is 28.9 Å². The van der Waals surface area contributed by atoms with Crippen molar-refractivity contribution in [1.82, 2.24) is 9.97 Å². The quantitative estimate of drug-likeness (QED) is 0.666. The minimum Gasteiger partial charge on any atom is -0.478 e. The molecular weight excluding hydrogens is 320 g/mol. The molecule has 2 aromatic rings. The van der Waals surface area contributed by atoms with E-state index in [0.717, 1.165) is 30.1 Å². The molecule has 7 heteroatoms. The maximum Gasteiger partial charge on any atom is 0.340 e. The van der Waals surface area contributed by atoms with Crippen LogP contribution in [0.2, 0.25) is 0 Å². The number of ether oxygens (including phenoxy) is 1. The van der Waals surface area contributed by atoms with Gasteiger partial charge in [0.15, 0.2) is 5.82 Å². The Bertz CT molecular complexity index is 668. The van der Waals surface area contributed by atoms with Crippen molar-refractivity contribution >= 4 is 29.1 Å². The highest BCUT2D eigenvalue weighted by Gasteiger charge is 2.22. The molecule has 0 bridgehead atoms. The number of aromatic carboxylic acids is 1. The molecule has 22 heavy (non-hydrogen) atoms. The Balaban J connectivity index is 1.91. The molecule has 3 rings (SSSR count). The van der Waals surface area contributed by atoms with Crippen LogP contribution < -0.4 is 0 Å². The summed E-state index contributed by atoms with van der Waals surface area (Å²) in [6.45, 7) is 2.51. The summed E-state index contributed by atoms with van der Waals surface area (Å²) in [5, 5.41) is 11.9. The van der Waals surface area contributed by atoms with Crippen molar-refractivity contribution < 1.29 is 14.6 Å². The van der Waals surface area contributed by atoms with Crippen LogP contribution in [0.5, 0.6) is 0 Å². The molecule has 1 saturated heterocycles. The SMILES string of the molecule is Cc1nc(-c2cccs2)nc(SCC2CCCO2)c1C(=O)O. The highest BCUT2D eigenvalue weighted by molar-refractivity contribution is 7.99. The van der Waals surface area contributed by atoms with Crippen molar-refractivity contribution in [2.75, 3.05) is 12.4 Å². The van der Waals surface area contributed by atoms with Gasteiger partial charge in [0.05, 0.1) is 16.7 Å². The van der Waals surface area contributed by atoms with Gasteiger partial charge < -0.3 is 9.84 Å². The van der Waals surface area contributed by atoms with Crippen LogP contribution in [0.3, 0.4) is 0 Å². The maximum absolute atomic E-state index is 11.5. The largest absolute Gasteiger partial charge is 0.478 e. The van der Waals surface area contributed by atoms with Gasteiger partial charge in [-0.15, -0.1) is 23.1 Å². The lowest BCUT2D eigenvalue weighted by Gasteiger charge is -2.12. The van der Waals surface area contributed by atoms with Gasteiger partial charge in [-0.25, -0.2) is 14.8 Å². The topological polar surface area (TPSA) is 72.3 Å². The molecule has 0 aromatic carbocycles. The van der Waals surface area contributed by atoms with Gasteiger partial charge in [-0.05, 0) is 31.2 Å². The Hall–Kier alpha value is -1.44. The first-order valence-corrected chi connectivity index (χ1v) is 8.92. The third-order valence-corrected chi connectivity index (χ3v) is 5.42. The minimum absolute atomic E-state index is 0.187. The highest BCUT2D eigenvalue weighted by atomic mass is 32.2. The lowest BCUT2D eigenvalue weighted by Crippen LogP contribution is -2.11. The van der Waals surface area contributed by atoms with Crippen molar-refractivity contribution in [3.05, 3.63) is 28.8 Å². The molecule has 0 amide bonds. The van der Waals surface area contributed by atoms with Crippen molar-refractivity contribution in [2.45, 2.75) is 30.9 Å². The molecule has 3 heterocycles. The third kappa shape index (κ3) is 3.31. The Kier molecular flexibility index (Phi) is 4.75. The second-order valence-electron chi connectivity index (χ2n) is 5.04. The zero-order valence-corrected chi connectivity index (χ0v) is 13.7. The molecule has 0 saturated carbocycles. The summed E-state index contributed by atoms with van der Waals surface area (Å²) in [5.41, 5.74) is 0.698. The monoisotopic (exact) mass is 336 g/mol. The smallest absolute Gasteiger partial charge is 0.340 e. The number of thioether (sulfide) groups is 1. The third-order valence-electron chi connectivity index (χ3n) is 3.44. The highest BCUT2D eigenvalue weighted by Crippen LogP contribution is 2.30. The van der Waals surface area contributed by atoms with Gasteiger partial charge in [0.2, 0.25) is 0 Å². The van der Waals surface area contributed by atoms with E-state index in [1.165, 1.54) is 11.8 Å². The first kappa shape index (κ1) is 15.5. The number of carboxylic acid groups (broad SMARTS) is 1. The number of hydrogen-bond donors (Lipinski definition) is 1. The fourth-order valence-electron chi connectivity index (χ4n) is 2.36. The van der Waals surface area contributed by atoms with E-state index in [1.807, 2.05) is 17.5 Å². The van der Waals surface area contributed by atoms with Crippen LogP contribution in [0, 0.1) is 6.92 Å². The number of hydrogen-bond acceptors (Lipinski definition) is 6. The summed E-state index contributed by atoms with van der Waals surface area (Å²) < 4.78 is 5.60. The standard InChI is InChI=1S/C15H16N2O3S2/c1-9-12(15(18)19)14(22-8-10-4-2-6-20-10)17-13(16-9)11-5-3-7-21-11/h3,5,7,10H,2,4,6,8H2,1H3,(H,18,19). The minimum atomic E-state index is -0.981. The zero-order valence-electron chi connectivity index (χ0n) is 12.1. The number of thiophene rings is 1. The zero-order chi connectivity index (χ0) is 15.5. The van der Waals surface area contributed by atoms with Crippen LogP contribution in [0.15, 0.2) is 22.5 Å². The molecule has 1 aliphatic rings. The van der Waals surface area contributed by atoms with Crippen LogP contribution >= 0.6 is 23.1 Å². The van der Waals surface area contributed by atoms with E-state index in [1.54, 1.807) is 18.3 Å². The number of carbonyl (C=O) groups is 1. The molecule has 0 radical (unpaired) electrons. The molecule has 1 unspecified atom stereocenters. The van der Waals surface area contributed by atoms with Crippen LogP contribution in [0.25, 0.3) is 10.7 Å². The van der Waals surface area contributed by atoms with Crippen LogP contribution in [-0.2, 0) is 4.74 Å². The fraction of sp³-hybridized carbons (Fsp3) is 0.400. The number of aromatic nitrogens is 2. The molecule has 1 atom stereocenters. The van der Waals surface area contributed by atoms with E-state index < -0.39 is 5.97 Å². The van der Waals surface area contributed by atoms with Crippen LogP contribution in [0.4, 0.5) is 0 Å². The van der Waals surface area contributed by atoms with Crippen LogP contribution in [-0.4, -0.2) is 39.5 Å². The van der Waals surface area contributed by atoms with Gasteiger partial charge >= 0.3 is 5.97 Å². The lowest BCUT2D eigenvalue weighted by atomic mass is 10.2. The van der Waals surface area contributed by atoms with E-state index in [9.17, 15) is 9.90 Å². The van der Waals surface area contributed by atoms with Gasteiger partial charge in [-0.3, -0.25) is 0 Å². The number of aryl methyl sites for hydroxylation is 1. The average molecular weight is 336 g/mol. The van der Waals surface area contributed by atoms with Gasteiger partial charge in [0.1, 0.15) is 10.6 Å². The molecule has 1 N–H and O–H groups in total. The van der Waals surface area contributed by atoms with Crippen molar-refractivity contribution in [3.8, 4) is 10.7 Å². The molecule has 0 spiro atoms. The first-order chi connectivity index (χ1) is 10.6. The van der Waals surface area contributed by atoms with E-state index in [2.05, 4.69) is 9.97 Å². The number of rotatable bonds is 5. The molecule has 5 nitrogen and oxygen atoms in total. The summed E-state index contributed by atoms with van der Waals surface area (Å²) >= 11 is 2.99. The lowest BCUT2D eigenvalue weighted by molar-refractivity contribution is 0.0690. The Morgan fingerprint density at radius 3 is 3.05 bits per heavy atom. The van der Waals surface area contributed by atoms with E-state index in [-0.39, 0.29) is 11.7 Å². The van der Waals surface area contributed by atoms with Gasteiger partial charge in [0, 0.05) is 12.4 Å². The van der Waals surface area contributed by atoms with Gasteiger partial charge in [-0.2, -0.15) is 0 Å². The average Bonchev–Trinajstić information content (AvgIpc) is 3.17. The normalized spacial score (nSPS) is 17.8. The molecule has 2 aromatic heterocycles. The molecule has 1 fully saturated rings. The number of carboxylic acids is 1. The van der Waals surface area contributed by atoms with Crippen molar-refractivity contribution in [1.29, 1.82) is 0 Å². The van der Waals surface area contributed by atoms with Crippen molar-refractivity contribution in [2.24, 2.45) is 0 Å². The molecule has 116 valence electrons. The second kappa shape index (κ2) is 6.76. The summed E-state index contributed by atoms with van der Waals surface area (Å²) in [4.78, 5) is 21.3. The summed E-state index contributed by atoms with van der Waals surface area (Å²) in [6, 6.07) is 3.87. The predicted octanol–water partition coefficient (Wildman–Crippen LogP) is 3.48. The predicted molar refractivity (Wildman–Crippen MR) is 86.7 cm³/mol.